The Morgan fingerprint density at radius 1 is 0.319 bits per heavy atom. The van der Waals surface area contributed by atoms with Crippen LogP contribution in [-0.4, -0.2) is 31.7 Å². The Kier molecular flexibility index (Phi) is 9.49. The van der Waals surface area contributed by atoms with Gasteiger partial charge in [-0.05, 0) is 69.3 Å². The van der Waals surface area contributed by atoms with Gasteiger partial charge in [-0.25, -0.2) is 9.97 Å². The molecule has 0 spiro atoms. The van der Waals surface area contributed by atoms with Crippen molar-refractivity contribution in [2.75, 3.05) is 0 Å². The SMILES string of the molecule is N#Cc1c(-n2c3ccccc3c3ccccc32)nc(-c2cc([Si](c3ccccc3)(c3ccccc3)c3ccccc3)ccc2-n2c3ccccc3c3ccccc32)nc1-n1c2ccccc2c2ccccc21. The number of para-hydroxylation sites is 6. The highest BCUT2D eigenvalue weighted by Gasteiger charge is 2.42. The molecule has 0 amide bonds. The highest BCUT2D eigenvalue weighted by atomic mass is 28.3. The summed E-state index contributed by atoms with van der Waals surface area (Å²) >= 11 is 0. The van der Waals surface area contributed by atoms with E-state index in [2.05, 4.69) is 275 Å². The molecule has 0 saturated carbocycles. The quantitative estimate of drug-likeness (QED) is 0.113. The number of nitriles is 1. The molecule has 0 aliphatic carbocycles. The Bertz CT molecular complexity index is 4080. The van der Waals surface area contributed by atoms with Gasteiger partial charge in [-0.3, -0.25) is 9.13 Å². The van der Waals surface area contributed by atoms with Gasteiger partial charge in [-0.2, -0.15) is 5.26 Å². The third kappa shape index (κ3) is 6.07. The monoisotopic (exact) mass is 934 g/mol. The van der Waals surface area contributed by atoms with E-state index in [1.807, 2.05) is 0 Å². The average molecular weight is 935 g/mol. The molecule has 7 heteroatoms. The normalized spacial score (nSPS) is 11.9. The zero-order valence-electron chi connectivity index (χ0n) is 38.9. The number of fused-ring (bicyclic) bond motifs is 9. The highest BCUT2D eigenvalue weighted by molar-refractivity contribution is 7.20. The van der Waals surface area contributed by atoms with Crippen molar-refractivity contribution in [1.82, 2.24) is 23.7 Å². The van der Waals surface area contributed by atoms with Crippen LogP contribution in [0.2, 0.25) is 0 Å². The van der Waals surface area contributed by atoms with Crippen molar-refractivity contribution in [3.63, 3.8) is 0 Å². The number of rotatable bonds is 8. The lowest BCUT2D eigenvalue weighted by atomic mass is 10.1. The van der Waals surface area contributed by atoms with Crippen LogP contribution in [0.3, 0.4) is 0 Å². The molecule has 0 N–H and O–H groups in total. The molecule has 0 unspecified atom stereocenters. The van der Waals surface area contributed by atoms with E-state index >= 15 is 0 Å². The third-order valence-corrected chi connectivity index (χ3v) is 19.5. The van der Waals surface area contributed by atoms with Gasteiger partial charge < -0.3 is 4.57 Å². The number of benzene rings is 10. The highest BCUT2D eigenvalue weighted by Crippen LogP contribution is 2.40. The average Bonchev–Trinajstić information content (AvgIpc) is 4.10. The topological polar surface area (TPSA) is 64.4 Å². The summed E-state index contributed by atoms with van der Waals surface area (Å²) in [6.45, 7) is 0. The van der Waals surface area contributed by atoms with Crippen LogP contribution in [0.1, 0.15) is 5.56 Å². The molecule has 336 valence electrons. The van der Waals surface area contributed by atoms with Crippen molar-refractivity contribution in [2.24, 2.45) is 0 Å². The van der Waals surface area contributed by atoms with Gasteiger partial charge >= 0.3 is 0 Å². The van der Waals surface area contributed by atoms with Crippen LogP contribution in [0.25, 0.3) is 94.1 Å². The van der Waals surface area contributed by atoms with E-state index < -0.39 is 8.07 Å². The van der Waals surface area contributed by atoms with Gasteiger partial charge in [0.1, 0.15) is 11.6 Å². The smallest absolute Gasteiger partial charge is 0.179 e. The Morgan fingerprint density at radius 3 is 0.958 bits per heavy atom. The molecule has 4 heterocycles. The summed E-state index contributed by atoms with van der Waals surface area (Å²) in [4.78, 5) is 11.6. The van der Waals surface area contributed by atoms with Crippen molar-refractivity contribution >= 4 is 94.2 Å². The van der Waals surface area contributed by atoms with Crippen LogP contribution in [-0.2, 0) is 0 Å². The molecular formula is C65H42N6Si. The second kappa shape index (κ2) is 16.5. The lowest BCUT2D eigenvalue weighted by Crippen LogP contribution is -2.74. The summed E-state index contributed by atoms with van der Waals surface area (Å²) < 4.78 is 6.72. The molecule has 0 aliphatic rings. The van der Waals surface area contributed by atoms with E-state index in [0.29, 0.717) is 23.0 Å². The summed E-state index contributed by atoms with van der Waals surface area (Å²) in [6.07, 6.45) is 0. The van der Waals surface area contributed by atoms with Gasteiger partial charge in [0.25, 0.3) is 0 Å². The van der Waals surface area contributed by atoms with Crippen molar-refractivity contribution in [1.29, 1.82) is 5.26 Å². The van der Waals surface area contributed by atoms with E-state index in [4.69, 9.17) is 9.97 Å². The van der Waals surface area contributed by atoms with Gasteiger partial charge in [0, 0.05) is 37.9 Å². The Morgan fingerprint density at radius 2 is 0.625 bits per heavy atom. The molecule has 4 aromatic heterocycles. The molecule has 0 saturated heterocycles. The van der Waals surface area contributed by atoms with Gasteiger partial charge in [-0.15, -0.1) is 0 Å². The summed E-state index contributed by atoms with van der Waals surface area (Å²) in [5.74, 6) is 1.51. The van der Waals surface area contributed by atoms with Gasteiger partial charge in [-0.1, -0.05) is 206 Å². The first-order chi connectivity index (χ1) is 35.7. The van der Waals surface area contributed by atoms with Crippen LogP contribution < -0.4 is 20.7 Å². The molecular weight excluding hydrogens is 893 g/mol. The maximum atomic E-state index is 11.8. The summed E-state index contributed by atoms with van der Waals surface area (Å²) in [5.41, 5.74) is 8.09. The van der Waals surface area contributed by atoms with E-state index in [1.165, 1.54) is 20.7 Å². The molecule has 10 aromatic carbocycles. The summed E-state index contributed by atoms with van der Waals surface area (Å²) in [5, 5.41) is 23.3. The fourth-order valence-electron chi connectivity index (χ4n) is 11.7. The van der Waals surface area contributed by atoms with Crippen molar-refractivity contribution in [3.8, 4) is 34.8 Å². The molecule has 0 bridgehead atoms. The minimum atomic E-state index is -3.10. The number of hydrogen-bond donors (Lipinski definition) is 0. The zero-order valence-corrected chi connectivity index (χ0v) is 39.9. The van der Waals surface area contributed by atoms with Crippen molar-refractivity contribution in [2.45, 2.75) is 0 Å². The van der Waals surface area contributed by atoms with Crippen LogP contribution >= 0.6 is 0 Å². The molecule has 0 atom stereocenters. The number of aromatic nitrogens is 5. The maximum Gasteiger partial charge on any atom is 0.179 e. The first-order valence-corrected chi connectivity index (χ1v) is 26.3. The first kappa shape index (κ1) is 41.4. The molecule has 72 heavy (non-hydrogen) atoms. The minimum absolute atomic E-state index is 0.368. The summed E-state index contributed by atoms with van der Waals surface area (Å²) in [6, 6.07) is 93.7. The fraction of sp³-hybridized carbons (Fsp3) is 0. The maximum absolute atomic E-state index is 11.8. The zero-order chi connectivity index (χ0) is 47.8. The fourth-order valence-corrected chi connectivity index (χ4v) is 16.4. The number of hydrogen-bond acceptors (Lipinski definition) is 3. The second-order valence-corrected chi connectivity index (χ2v) is 22.2. The van der Waals surface area contributed by atoms with Gasteiger partial charge in [0.05, 0.1) is 38.8 Å². The van der Waals surface area contributed by atoms with Crippen molar-refractivity contribution < 1.29 is 0 Å². The second-order valence-electron chi connectivity index (χ2n) is 18.4. The van der Waals surface area contributed by atoms with Crippen LogP contribution in [0.5, 0.6) is 0 Å². The van der Waals surface area contributed by atoms with Gasteiger partial charge in [0.15, 0.2) is 25.5 Å². The van der Waals surface area contributed by atoms with Crippen LogP contribution in [0.15, 0.2) is 255 Å². The van der Waals surface area contributed by atoms with E-state index in [9.17, 15) is 5.26 Å². The molecule has 0 fully saturated rings. The minimum Gasteiger partial charge on any atom is -0.309 e. The lowest BCUT2D eigenvalue weighted by molar-refractivity contribution is 0.979. The van der Waals surface area contributed by atoms with Gasteiger partial charge in [0.2, 0.25) is 0 Å². The molecule has 0 aliphatic heterocycles. The summed E-state index contributed by atoms with van der Waals surface area (Å²) in [7, 11) is -3.10. The van der Waals surface area contributed by atoms with Crippen LogP contribution in [0, 0.1) is 11.3 Å². The number of nitrogens with zero attached hydrogens (tertiary/aromatic N) is 6. The Balaban J connectivity index is 1.19. The Hall–Kier alpha value is -9.61. The van der Waals surface area contributed by atoms with E-state index in [0.717, 1.165) is 76.7 Å². The largest absolute Gasteiger partial charge is 0.309 e. The molecule has 6 nitrogen and oxygen atoms in total. The predicted octanol–water partition coefficient (Wildman–Crippen LogP) is 12.7. The standard InChI is InChI=1S/C65H42N6Si/c66-43-55-64(70-58-36-18-12-30-50(58)51-31-13-19-37-59(51)70)67-63(68-65(55)71-60-38-20-14-32-52(60)53-33-15-21-39-61(53)71)54-42-47(40-41-62(54)69-56-34-16-10-28-48(56)49-29-11-17-35-57(49)69)72(44-22-4-1-5-23-44,45-24-6-2-7-25-45)46-26-8-3-9-27-46/h1-42H. The third-order valence-electron chi connectivity index (χ3n) is 14.7. The van der Waals surface area contributed by atoms with Crippen molar-refractivity contribution in [3.05, 3.63) is 260 Å². The van der Waals surface area contributed by atoms with Crippen LogP contribution in [0.4, 0.5) is 0 Å². The predicted molar refractivity (Wildman–Crippen MR) is 299 cm³/mol. The molecule has 14 rings (SSSR count). The first-order valence-electron chi connectivity index (χ1n) is 24.3. The Labute approximate surface area is 416 Å². The van der Waals surface area contributed by atoms with E-state index in [-0.39, 0.29) is 0 Å². The lowest BCUT2D eigenvalue weighted by Gasteiger charge is -2.35. The molecule has 14 aromatic rings. The van der Waals surface area contributed by atoms with E-state index in [1.54, 1.807) is 0 Å². The molecule has 0 radical (unpaired) electrons.